The molecule has 0 aromatic heterocycles. The molecule has 2 rings (SSSR count). The Morgan fingerprint density at radius 3 is 2.35 bits per heavy atom. The van der Waals surface area contributed by atoms with Crippen molar-refractivity contribution in [3.63, 3.8) is 0 Å². The highest BCUT2D eigenvalue weighted by molar-refractivity contribution is 7.99. The number of thioether (sulfide) groups is 1. The van der Waals surface area contributed by atoms with Crippen molar-refractivity contribution in [2.75, 3.05) is 19.0 Å². The van der Waals surface area contributed by atoms with E-state index in [-0.39, 0.29) is 27.2 Å². The minimum absolute atomic E-state index is 0.0844. The number of esters is 1. The number of halogens is 2. The molecule has 168 valence electrons. The van der Waals surface area contributed by atoms with Gasteiger partial charge in [-0.15, -0.1) is 0 Å². The zero-order chi connectivity index (χ0) is 23.0. The highest BCUT2D eigenvalue weighted by atomic mass is 32.2. The number of rotatable bonds is 10. The van der Waals surface area contributed by atoms with Crippen LogP contribution in [0.1, 0.15) is 6.92 Å². The lowest BCUT2D eigenvalue weighted by Gasteiger charge is -2.14. The quantitative estimate of drug-likeness (QED) is 0.402. The second-order valence-electron chi connectivity index (χ2n) is 6.05. The van der Waals surface area contributed by atoms with E-state index < -0.39 is 40.3 Å². The molecule has 0 saturated carbocycles. The van der Waals surface area contributed by atoms with Gasteiger partial charge in [0, 0.05) is 4.90 Å². The van der Waals surface area contributed by atoms with Gasteiger partial charge in [-0.3, -0.25) is 9.59 Å². The monoisotopic (exact) mass is 474 g/mol. The Kier molecular flexibility index (Phi) is 8.77. The topological polar surface area (TPSA) is 111 Å². The van der Waals surface area contributed by atoms with Gasteiger partial charge in [0.1, 0.15) is 11.8 Å². The minimum Gasteiger partial charge on any atom is -0.497 e. The van der Waals surface area contributed by atoms with E-state index in [4.69, 9.17) is 9.47 Å². The van der Waals surface area contributed by atoms with Crippen molar-refractivity contribution < 1.29 is 36.3 Å². The van der Waals surface area contributed by atoms with Crippen LogP contribution in [0.4, 0.5) is 14.5 Å². The summed E-state index contributed by atoms with van der Waals surface area (Å²) in [4.78, 5) is 24.1. The highest BCUT2D eigenvalue weighted by Crippen LogP contribution is 2.31. The van der Waals surface area contributed by atoms with Crippen molar-refractivity contribution in [2.45, 2.75) is 28.5 Å². The molecule has 12 heteroatoms. The number of nitrogens with one attached hydrogen (secondary N) is 2. The number of hydrogen-bond acceptors (Lipinski definition) is 7. The summed E-state index contributed by atoms with van der Waals surface area (Å²) in [7, 11) is -2.58. The second-order valence-corrected chi connectivity index (χ2v) is 8.79. The van der Waals surface area contributed by atoms with E-state index in [0.29, 0.717) is 5.75 Å². The number of carbonyl (C=O) groups excluding carboxylic acids is 2. The fourth-order valence-electron chi connectivity index (χ4n) is 2.32. The first-order valence-electron chi connectivity index (χ1n) is 8.79. The molecule has 1 amide bonds. The van der Waals surface area contributed by atoms with Crippen LogP contribution in [0.5, 0.6) is 5.75 Å². The third-order valence-corrected chi connectivity index (χ3v) is 6.12. The average Bonchev–Trinajstić information content (AvgIpc) is 2.72. The first-order valence-corrected chi connectivity index (χ1v) is 11.2. The van der Waals surface area contributed by atoms with Gasteiger partial charge in [0.2, 0.25) is 10.0 Å². The Morgan fingerprint density at radius 2 is 1.74 bits per heavy atom. The minimum atomic E-state index is -4.01. The molecule has 0 saturated heterocycles. The summed E-state index contributed by atoms with van der Waals surface area (Å²) in [6, 6.07) is 10.2. The van der Waals surface area contributed by atoms with Crippen LogP contribution in [0.15, 0.2) is 58.3 Å². The van der Waals surface area contributed by atoms with Crippen LogP contribution in [0.2, 0.25) is 0 Å². The van der Waals surface area contributed by atoms with Gasteiger partial charge in [-0.2, -0.15) is 13.5 Å². The number of ether oxygens (including phenoxy) is 2. The normalized spacial score (nSPS) is 12.3. The van der Waals surface area contributed by atoms with Crippen molar-refractivity contribution in [3.05, 3.63) is 48.5 Å². The molecule has 0 heterocycles. The van der Waals surface area contributed by atoms with Crippen LogP contribution in [-0.4, -0.2) is 45.8 Å². The Balaban J connectivity index is 1.91. The smallest absolute Gasteiger partial charge is 0.324 e. The molecule has 0 radical (unpaired) electrons. The van der Waals surface area contributed by atoms with Crippen LogP contribution in [0, 0.1) is 0 Å². The number of anilines is 1. The van der Waals surface area contributed by atoms with Crippen LogP contribution in [0.3, 0.4) is 0 Å². The Hall–Kier alpha value is -2.70. The Morgan fingerprint density at radius 1 is 1.10 bits per heavy atom. The molecule has 0 aliphatic carbocycles. The highest BCUT2D eigenvalue weighted by Gasteiger charge is 2.24. The summed E-state index contributed by atoms with van der Waals surface area (Å²) in [5.74, 6) is -3.95. The van der Waals surface area contributed by atoms with E-state index in [1.165, 1.54) is 56.5 Å². The number of carbonyl (C=O) groups is 2. The molecule has 0 aliphatic heterocycles. The van der Waals surface area contributed by atoms with Crippen LogP contribution in [0.25, 0.3) is 0 Å². The average molecular weight is 475 g/mol. The van der Waals surface area contributed by atoms with Gasteiger partial charge >= 0.3 is 5.97 Å². The molecule has 0 unspecified atom stereocenters. The maximum Gasteiger partial charge on any atom is 0.324 e. The van der Waals surface area contributed by atoms with E-state index in [9.17, 15) is 26.8 Å². The molecule has 2 aromatic carbocycles. The summed E-state index contributed by atoms with van der Waals surface area (Å²) in [6.45, 7) is 0.539. The molecular formula is C19H20F2N2O6S2. The maximum atomic E-state index is 12.6. The number of hydrogen-bond donors (Lipinski definition) is 2. The summed E-state index contributed by atoms with van der Waals surface area (Å²) < 4.78 is 61.8. The summed E-state index contributed by atoms with van der Waals surface area (Å²) in [5, 5.41) is 2.37. The van der Waals surface area contributed by atoms with Gasteiger partial charge < -0.3 is 14.8 Å². The van der Waals surface area contributed by atoms with Crippen molar-refractivity contribution in [1.82, 2.24) is 4.72 Å². The number of alkyl halides is 2. The predicted molar refractivity (Wildman–Crippen MR) is 111 cm³/mol. The lowest BCUT2D eigenvalue weighted by atomic mass is 10.3. The molecule has 0 aliphatic rings. The van der Waals surface area contributed by atoms with Crippen molar-refractivity contribution in [1.29, 1.82) is 0 Å². The maximum absolute atomic E-state index is 12.6. The first-order chi connectivity index (χ1) is 14.6. The van der Waals surface area contributed by atoms with Gasteiger partial charge in [-0.25, -0.2) is 8.42 Å². The molecule has 0 spiro atoms. The molecule has 2 aromatic rings. The van der Waals surface area contributed by atoms with Crippen LogP contribution >= 0.6 is 11.8 Å². The lowest BCUT2D eigenvalue weighted by Crippen LogP contribution is -2.40. The van der Waals surface area contributed by atoms with E-state index in [0.717, 1.165) is 0 Å². The number of amides is 1. The van der Waals surface area contributed by atoms with Crippen molar-refractivity contribution in [2.24, 2.45) is 0 Å². The van der Waals surface area contributed by atoms with Gasteiger partial charge in [0.05, 0.1) is 17.7 Å². The summed E-state index contributed by atoms with van der Waals surface area (Å²) in [5.41, 5.74) is 0.141. The summed E-state index contributed by atoms with van der Waals surface area (Å²) in [6.07, 6.45) is 0. The second kappa shape index (κ2) is 11.1. The Bertz CT molecular complexity index is 1020. The van der Waals surface area contributed by atoms with Crippen LogP contribution in [-0.2, 0) is 24.3 Å². The molecular weight excluding hydrogens is 454 g/mol. The standard InChI is InChI=1S/C19H20F2N2O6S2/c1-12(23-31(26,27)14-9-7-13(28-2)8-10-14)18(25)29-11-17(24)22-15-5-3-4-6-16(15)30-19(20)21/h3-10,12,19,23H,11H2,1-2H3,(H,22,24)/t12-/m0/s1. The third kappa shape index (κ3) is 7.49. The number of benzene rings is 2. The van der Waals surface area contributed by atoms with E-state index in [2.05, 4.69) is 10.0 Å². The van der Waals surface area contributed by atoms with Crippen LogP contribution < -0.4 is 14.8 Å². The fourth-order valence-corrected chi connectivity index (χ4v) is 4.11. The van der Waals surface area contributed by atoms with E-state index >= 15 is 0 Å². The zero-order valence-electron chi connectivity index (χ0n) is 16.5. The van der Waals surface area contributed by atoms with Gasteiger partial charge in [-0.1, -0.05) is 23.9 Å². The largest absolute Gasteiger partial charge is 0.497 e. The molecule has 0 fully saturated rings. The van der Waals surface area contributed by atoms with Gasteiger partial charge in [-0.05, 0) is 43.3 Å². The SMILES string of the molecule is COc1ccc(S(=O)(=O)N[C@@H](C)C(=O)OCC(=O)Nc2ccccc2SC(F)F)cc1. The predicted octanol–water partition coefficient (Wildman–Crippen LogP) is 2.86. The van der Waals surface area contributed by atoms with Crippen molar-refractivity contribution >= 4 is 39.3 Å². The molecule has 2 N–H and O–H groups in total. The zero-order valence-corrected chi connectivity index (χ0v) is 18.1. The molecule has 8 nitrogen and oxygen atoms in total. The number of sulfonamides is 1. The van der Waals surface area contributed by atoms with E-state index in [1.54, 1.807) is 6.07 Å². The first kappa shape index (κ1) is 24.6. The fraction of sp³-hybridized carbons (Fsp3) is 0.263. The third-order valence-electron chi connectivity index (χ3n) is 3.78. The number of para-hydroxylation sites is 1. The lowest BCUT2D eigenvalue weighted by molar-refractivity contribution is -0.148. The molecule has 1 atom stereocenters. The van der Waals surface area contributed by atoms with Gasteiger partial charge in [0.15, 0.2) is 6.61 Å². The molecule has 0 bridgehead atoms. The Labute approximate surface area is 182 Å². The molecule has 31 heavy (non-hydrogen) atoms. The number of methoxy groups -OCH3 is 1. The van der Waals surface area contributed by atoms with Crippen molar-refractivity contribution in [3.8, 4) is 5.75 Å². The summed E-state index contributed by atoms with van der Waals surface area (Å²) >= 11 is 0.262. The van der Waals surface area contributed by atoms with E-state index in [1.807, 2.05) is 0 Å². The van der Waals surface area contributed by atoms with Gasteiger partial charge in [0.25, 0.3) is 11.7 Å².